The van der Waals surface area contributed by atoms with E-state index in [-0.39, 0.29) is 49.5 Å². The minimum absolute atomic E-state index is 0.0444. The Morgan fingerprint density at radius 1 is 1.12 bits per heavy atom. The Bertz CT molecular complexity index is 853. The van der Waals surface area contributed by atoms with E-state index in [0.29, 0.717) is 5.56 Å². The van der Waals surface area contributed by atoms with Gasteiger partial charge >= 0.3 is 18.1 Å². The molecule has 1 atom stereocenters. The number of rotatable bonds is 11. The van der Waals surface area contributed by atoms with Crippen molar-refractivity contribution in [2.75, 3.05) is 26.2 Å². The predicted octanol–water partition coefficient (Wildman–Crippen LogP) is 1.93. The monoisotopic (exact) mass is 488 g/mol. The van der Waals surface area contributed by atoms with E-state index in [9.17, 15) is 32.3 Å². The molecule has 1 aliphatic heterocycles. The van der Waals surface area contributed by atoms with E-state index in [2.05, 4.69) is 15.4 Å². The summed E-state index contributed by atoms with van der Waals surface area (Å²) >= 11 is 0. The fourth-order valence-corrected chi connectivity index (χ4v) is 3.06. The van der Waals surface area contributed by atoms with E-state index in [1.54, 1.807) is 0 Å². The van der Waals surface area contributed by atoms with Crippen molar-refractivity contribution in [3.63, 3.8) is 0 Å². The standard InChI is InChI=1S/C22H27F3N2O7/c1-2-18(20(30)34-21(31)22(23,24)25)33-16-5-3-14(4-6-16)17(28)9-12-27-19(29)13-32-15-7-10-26-11-8-15/h3-6,15,18,26H,2,7-13H2,1H3,(H,27,29). The zero-order valence-electron chi connectivity index (χ0n) is 18.6. The summed E-state index contributed by atoms with van der Waals surface area (Å²) in [7, 11) is 0. The maximum absolute atomic E-state index is 12.3. The molecule has 12 heteroatoms. The molecule has 1 aromatic rings. The van der Waals surface area contributed by atoms with Crippen LogP contribution in [0.5, 0.6) is 5.75 Å². The Kier molecular flexibility index (Phi) is 10.5. The van der Waals surface area contributed by atoms with Gasteiger partial charge < -0.3 is 24.8 Å². The molecule has 0 aliphatic carbocycles. The Morgan fingerprint density at radius 2 is 1.76 bits per heavy atom. The number of carbonyl (C=O) groups excluding carboxylic acids is 4. The zero-order chi connectivity index (χ0) is 25.1. The van der Waals surface area contributed by atoms with Crippen molar-refractivity contribution in [3.8, 4) is 5.75 Å². The molecule has 1 heterocycles. The molecule has 188 valence electrons. The normalized spacial score (nSPS) is 15.3. The Morgan fingerprint density at radius 3 is 2.35 bits per heavy atom. The second kappa shape index (κ2) is 13.0. The number of ketones is 1. The second-order valence-electron chi connectivity index (χ2n) is 7.53. The van der Waals surface area contributed by atoms with E-state index in [1.165, 1.54) is 31.2 Å². The van der Waals surface area contributed by atoms with Gasteiger partial charge in [-0.25, -0.2) is 9.59 Å². The smallest absolute Gasteiger partial charge is 0.479 e. The van der Waals surface area contributed by atoms with Gasteiger partial charge in [0.15, 0.2) is 11.9 Å². The molecule has 2 rings (SSSR count). The number of ether oxygens (including phenoxy) is 3. The van der Waals surface area contributed by atoms with E-state index in [0.717, 1.165) is 25.9 Å². The lowest BCUT2D eigenvalue weighted by Crippen LogP contribution is -2.36. The number of amides is 1. The number of carbonyl (C=O) groups is 4. The predicted molar refractivity (Wildman–Crippen MR) is 112 cm³/mol. The van der Waals surface area contributed by atoms with Crippen LogP contribution in [0.3, 0.4) is 0 Å². The van der Waals surface area contributed by atoms with Crippen LogP contribution in [0.25, 0.3) is 0 Å². The van der Waals surface area contributed by atoms with Crippen LogP contribution in [0.2, 0.25) is 0 Å². The molecule has 0 radical (unpaired) electrons. The third kappa shape index (κ3) is 9.10. The molecule has 1 saturated heterocycles. The lowest BCUT2D eigenvalue weighted by molar-refractivity contribution is -0.204. The molecule has 9 nitrogen and oxygen atoms in total. The van der Waals surface area contributed by atoms with Gasteiger partial charge in [-0.05, 0) is 56.6 Å². The van der Waals surface area contributed by atoms with Crippen molar-refractivity contribution in [3.05, 3.63) is 29.8 Å². The first-order valence-corrected chi connectivity index (χ1v) is 10.8. The topological polar surface area (TPSA) is 120 Å². The summed E-state index contributed by atoms with van der Waals surface area (Å²) in [5, 5.41) is 5.82. The highest BCUT2D eigenvalue weighted by atomic mass is 19.4. The van der Waals surface area contributed by atoms with Gasteiger partial charge in [-0.15, -0.1) is 0 Å². The minimum atomic E-state index is -5.30. The highest BCUT2D eigenvalue weighted by Crippen LogP contribution is 2.20. The summed E-state index contributed by atoms with van der Waals surface area (Å²) in [4.78, 5) is 46.7. The minimum Gasteiger partial charge on any atom is -0.479 e. The molecule has 34 heavy (non-hydrogen) atoms. The quantitative estimate of drug-likeness (QED) is 0.276. The number of esters is 2. The first kappa shape index (κ1) is 27.3. The molecule has 0 aromatic heterocycles. The van der Waals surface area contributed by atoms with Gasteiger partial charge in [0.2, 0.25) is 5.91 Å². The number of Topliss-reactive ketones (excluding diaryl/α,β-unsaturated/α-hetero) is 1. The number of halogens is 3. The van der Waals surface area contributed by atoms with E-state index >= 15 is 0 Å². The van der Waals surface area contributed by atoms with Crippen LogP contribution in [-0.2, 0) is 23.9 Å². The summed E-state index contributed by atoms with van der Waals surface area (Å²) in [5.74, 6) is -4.55. The lowest BCUT2D eigenvalue weighted by Gasteiger charge is -2.22. The highest BCUT2D eigenvalue weighted by molar-refractivity contribution is 5.96. The summed E-state index contributed by atoms with van der Waals surface area (Å²) in [6.07, 6.45) is -5.00. The van der Waals surface area contributed by atoms with Crippen molar-refractivity contribution in [1.29, 1.82) is 0 Å². The number of hydrogen-bond donors (Lipinski definition) is 2. The van der Waals surface area contributed by atoms with Crippen LogP contribution >= 0.6 is 0 Å². The van der Waals surface area contributed by atoms with Crippen LogP contribution in [0.15, 0.2) is 24.3 Å². The van der Waals surface area contributed by atoms with Crippen molar-refractivity contribution in [2.45, 2.75) is 51.0 Å². The van der Waals surface area contributed by atoms with Crippen LogP contribution in [0.4, 0.5) is 13.2 Å². The van der Waals surface area contributed by atoms with E-state index in [1.807, 2.05) is 0 Å². The number of nitrogens with one attached hydrogen (secondary N) is 2. The molecular weight excluding hydrogens is 461 g/mol. The third-order valence-electron chi connectivity index (χ3n) is 4.92. The van der Waals surface area contributed by atoms with Crippen molar-refractivity contribution in [1.82, 2.24) is 10.6 Å². The summed E-state index contributed by atoms with van der Waals surface area (Å²) < 4.78 is 51.3. The van der Waals surface area contributed by atoms with Crippen LogP contribution in [0, 0.1) is 0 Å². The SMILES string of the molecule is CCC(Oc1ccc(C(=O)CCNC(=O)COC2CCNCC2)cc1)C(=O)OC(=O)C(F)(F)F. The summed E-state index contributed by atoms with van der Waals surface area (Å²) in [6, 6.07) is 5.55. The average Bonchev–Trinajstić information content (AvgIpc) is 2.81. The van der Waals surface area contributed by atoms with Crippen molar-refractivity contribution < 1.29 is 46.6 Å². The Balaban J connectivity index is 1.75. The maximum atomic E-state index is 12.3. The molecule has 1 aromatic carbocycles. The molecule has 2 N–H and O–H groups in total. The molecule has 1 unspecified atom stereocenters. The van der Waals surface area contributed by atoms with Gasteiger partial charge in [-0.2, -0.15) is 13.2 Å². The molecule has 1 fully saturated rings. The van der Waals surface area contributed by atoms with Gasteiger partial charge in [0.25, 0.3) is 0 Å². The van der Waals surface area contributed by atoms with Gasteiger partial charge in [0.1, 0.15) is 12.4 Å². The van der Waals surface area contributed by atoms with Crippen molar-refractivity contribution in [2.24, 2.45) is 0 Å². The second-order valence-corrected chi connectivity index (χ2v) is 7.53. The number of hydrogen-bond acceptors (Lipinski definition) is 8. The fraction of sp³-hybridized carbons (Fsp3) is 0.545. The van der Waals surface area contributed by atoms with Gasteiger partial charge in [0.05, 0.1) is 6.10 Å². The van der Waals surface area contributed by atoms with Crippen molar-refractivity contribution >= 4 is 23.6 Å². The first-order chi connectivity index (χ1) is 16.1. The zero-order valence-corrected chi connectivity index (χ0v) is 18.6. The Labute approximate surface area is 194 Å². The Hall–Kier alpha value is -2.99. The molecule has 0 spiro atoms. The van der Waals surface area contributed by atoms with Crippen LogP contribution in [0.1, 0.15) is 43.0 Å². The summed E-state index contributed by atoms with van der Waals surface area (Å²) in [5.41, 5.74) is 0.315. The molecule has 0 bridgehead atoms. The lowest BCUT2D eigenvalue weighted by atomic mass is 10.1. The van der Waals surface area contributed by atoms with E-state index in [4.69, 9.17) is 9.47 Å². The number of piperidine rings is 1. The molecular formula is C22H27F3N2O7. The largest absolute Gasteiger partial charge is 0.491 e. The maximum Gasteiger partial charge on any atom is 0.491 e. The first-order valence-electron chi connectivity index (χ1n) is 10.8. The van der Waals surface area contributed by atoms with Gasteiger partial charge in [-0.1, -0.05) is 6.92 Å². The number of benzene rings is 1. The summed E-state index contributed by atoms with van der Waals surface area (Å²) in [6.45, 7) is 3.23. The highest BCUT2D eigenvalue weighted by Gasteiger charge is 2.43. The third-order valence-corrected chi connectivity index (χ3v) is 4.92. The fourth-order valence-electron chi connectivity index (χ4n) is 3.06. The van der Waals surface area contributed by atoms with Crippen LogP contribution < -0.4 is 15.4 Å². The molecule has 0 saturated carbocycles. The van der Waals surface area contributed by atoms with E-state index < -0.39 is 24.2 Å². The van der Waals surface area contributed by atoms with Crippen LogP contribution in [-0.4, -0.2) is 68.3 Å². The average molecular weight is 488 g/mol. The van der Waals surface area contributed by atoms with Gasteiger partial charge in [-0.3, -0.25) is 9.59 Å². The van der Waals surface area contributed by atoms with Gasteiger partial charge in [0, 0.05) is 18.5 Å². The molecule has 1 aliphatic rings. The number of alkyl halides is 3. The molecule has 1 amide bonds.